The number of carbonyl (C=O) groups excluding carboxylic acids is 1. The number of para-hydroxylation sites is 1. The van der Waals surface area contributed by atoms with E-state index in [1.54, 1.807) is 42.6 Å². The van der Waals surface area contributed by atoms with Crippen LogP contribution in [0.1, 0.15) is 24.2 Å². The third kappa shape index (κ3) is 4.46. The topological polar surface area (TPSA) is 71.7 Å². The van der Waals surface area contributed by atoms with Gasteiger partial charge >= 0.3 is 0 Å². The minimum atomic E-state index is -3.73. The van der Waals surface area contributed by atoms with Gasteiger partial charge in [-0.3, -0.25) is 18.7 Å². The Morgan fingerprint density at radius 3 is 2.17 bits per heavy atom. The zero-order chi connectivity index (χ0) is 21.0. The Hall–Kier alpha value is -3.19. The molecule has 6 nitrogen and oxygen atoms in total. The monoisotopic (exact) mass is 409 g/mol. The largest absolute Gasteiger partial charge is 0.269 e. The van der Waals surface area contributed by atoms with Crippen molar-refractivity contribution in [3.8, 4) is 0 Å². The molecule has 0 aliphatic heterocycles. The van der Waals surface area contributed by atoms with E-state index in [9.17, 15) is 13.2 Å². The van der Waals surface area contributed by atoms with Gasteiger partial charge in [-0.1, -0.05) is 24.3 Å². The minimum Gasteiger partial charge on any atom is -0.269 e. The maximum atomic E-state index is 12.9. The molecule has 3 rings (SSSR count). The van der Waals surface area contributed by atoms with E-state index in [2.05, 4.69) is 4.99 Å². The molecule has 0 spiro atoms. The summed E-state index contributed by atoms with van der Waals surface area (Å²) in [5, 5.41) is 0. The first-order chi connectivity index (χ1) is 13.8. The molecule has 1 heterocycles. The smallest absolute Gasteiger partial charge is 0.264 e. The first-order valence-electron chi connectivity index (χ1n) is 9.21. The van der Waals surface area contributed by atoms with Crippen LogP contribution in [0, 0.1) is 0 Å². The third-order valence-electron chi connectivity index (χ3n) is 4.33. The molecule has 7 heteroatoms. The lowest BCUT2D eigenvalue weighted by Gasteiger charge is -2.19. The van der Waals surface area contributed by atoms with Crippen molar-refractivity contribution in [3.63, 3.8) is 0 Å². The summed E-state index contributed by atoms with van der Waals surface area (Å²) in [6, 6.07) is 20.2. The van der Waals surface area contributed by atoms with Gasteiger partial charge in [-0.05, 0) is 62.4 Å². The molecule has 0 saturated carbocycles. The van der Waals surface area contributed by atoms with Gasteiger partial charge in [-0.15, -0.1) is 0 Å². The number of benzene rings is 2. The van der Waals surface area contributed by atoms with Gasteiger partial charge in [-0.25, -0.2) is 8.42 Å². The van der Waals surface area contributed by atoms with Crippen molar-refractivity contribution in [2.45, 2.75) is 24.8 Å². The van der Waals surface area contributed by atoms with Crippen LogP contribution in [0.4, 0.5) is 5.69 Å². The standard InChI is InChI=1S/C22H23N3O3S/c1-17(2)23-21-11-7-8-16-25(21)22(26)18-12-14-20(15-13-18)29(27,28)24(3)19-9-5-4-6-10-19/h4-17H,1-3H3. The minimum absolute atomic E-state index is 0.0393. The van der Waals surface area contributed by atoms with Crippen LogP contribution in [0.15, 0.2) is 88.9 Å². The molecule has 2 aromatic carbocycles. The van der Waals surface area contributed by atoms with E-state index in [0.29, 0.717) is 16.7 Å². The zero-order valence-electron chi connectivity index (χ0n) is 16.6. The molecule has 1 aromatic heterocycles. The second-order valence-corrected chi connectivity index (χ2v) is 8.76. The van der Waals surface area contributed by atoms with Crippen molar-refractivity contribution < 1.29 is 13.2 Å². The van der Waals surface area contributed by atoms with Gasteiger partial charge in [0, 0.05) is 24.8 Å². The summed E-state index contributed by atoms with van der Waals surface area (Å²) in [5.74, 6) is -0.273. The van der Waals surface area contributed by atoms with Gasteiger partial charge in [0.15, 0.2) is 0 Å². The normalized spacial score (nSPS) is 12.2. The molecule has 0 aliphatic carbocycles. The first-order valence-corrected chi connectivity index (χ1v) is 10.6. The third-order valence-corrected chi connectivity index (χ3v) is 6.13. The van der Waals surface area contributed by atoms with Crippen molar-refractivity contribution in [1.82, 2.24) is 4.57 Å². The highest BCUT2D eigenvalue weighted by Gasteiger charge is 2.21. The van der Waals surface area contributed by atoms with E-state index in [1.165, 1.54) is 40.2 Å². The quantitative estimate of drug-likeness (QED) is 0.649. The van der Waals surface area contributed by atoms with E-state index in [4.69, 9.17) is 0 Å². The number of pyridine rings is 1. The van der Waals surface area contributed by atoms with Crippen LogP contribution < -0.4 is 9.79 Å². The maximum absolute atomic E-state index is 12.9. The summed E-state index contributed by atoms with van der Waals surface area (Å²) in [6.07, 6.45) is 1.65. The number of hydrogen-bond acceptors (Lipinski definition) is 4. The maximum Gasteiger partial charge on any atom is 0.264 e. The number of hydrogen-bond donors (Lipinski definition) is 0. The predicted molar refractivity (Wildman–Crippen MR) is 113 cm³/mol. The Labute approximate surface area is 170 Å². The van der Waals surface area contributed by atoms with Crippen molar-refractivity contribution in [3.05, 3.63) is 90.0 Å². The van der Waals surface area contributed by atoms with E-state index < -0.39 is 10.0 Å². The van der Waals surface area contributed by atoms with Gasteiger partial charge in [0.2, 0.25) is 0 Å². The number of nitrogens with zero attached hydrogens (tertiary/aromatic N) is 3. The van der Waals surface area contributed by atoms with E-state index in [0.717, 1.165) is 0 Å². The first kappa shape index (κ1) is 20.5. The van der Waals surface area contributed by atoms with Crippen LogP contribution in [0.3, 0.4) is 0 Å². The molecular weight excluding hydrogens is 386 g/mol. The van der Waals surface area contributed by atoms with E-state index in [1.807, 2.05) is 26.0 Å². The van der Waals surface area contributed by atoms with Crippen LogP contribution in [-0.4, -0.2) is 32.0 Å². The number of sulfonamides is 1. The average molecular weight is 410 g/mol. The lowest BCUT2D eigenvalue weighted by molar-refractivity contribution is 0.0954. The molecule has 150 valence electrons. The van der Waals surface area contributed by atoms with Gasteiger partial charge in [-0.2, -0.15) is 0 Å². The summed E-state index contributed by atoms with van der Waals surface area (Å²) in [4.78, 5) is 17.5. The average Bonchev–Trinajstić information content (AvgIpc) is 2.73. The molecule has 0 bridgehead atoms. The summed E-state index contributed by atoms with van der Waals surface area (Å²) in [7, 11) is -2.22. The van der Waals surface area contributed by atoms with Crippen LogP contribution in [0.5, 0.6) is 0 Å². The molecule has 0 fully saturated rings. The number of aromatic nitrogens is 1. The van der Waals surface area contributed by atoms with Crippen LogP contribution in [0.25, 0.3) is 0 Å². The Morgan fingerprint density at radius 2 is 1.55 bits per heavy atom. The molecule has 3 aromatic rings. The molecular formula is C22H23N3O3S. The summed E-state index contributed by atoms with van der Waals surface area (Å²) < 4.78 is 28.4. The van der Waals surface area contributed by atoms with Gasteiger partial charge in [0.05, 0.1) is 10.6 Å². The fourth-order valence-corrected chi connectivity index (χ4v) is 4.01. The Morgan fingerprint density at radius 1 is 0.931 bits per heavy atom. The van der Waals surface area contributed by atoms with E-state index >= 15 is 0 Å². The van der Waals surface area contributed by atoms with Crippen LogP contribution in [-0.2, 0) is 10.0 Å². The lowest BCUT2D eigenvalue weighted by atomic mass is 10.2. The van der Waals surface area contributed by atoms with Gasteiger partial charge < -0.3 is 0 Å². The highest BCUT2D eigenvalue weighted by molar-refractivity contribution is 7.92. The fraction of sp³-hybridized carbons (Fsp3) is 0.182. The predicted octanol–water partition coefficient (Wildman–Crippen LogP) is 3.31. The van der Waals surface area contributed by atoms with Crippen molar-refractivity contribution >= 4 is 21.6 Å². The summed E-state index contributed by atoms with van der Waals surface area (Å²) in [6.45, 7) is 3.87. The lowest BCUT2D eigenvalue weighted by Crippen LogP contribution is -2.28. The molecule has 0 radical (unpaired) electrons. The zero-order valence-corrected chi connectivity index (χ0v) is 17.4. The van der Waals surface area contributed by atoms with Crippen LogP contribution in [0.2, 0.25) is 0 Å². The second kappa shape index (κ2) is 8.45. The van der Waals surface area contributed by atoms with Gasteiger partial charge in [0.25, 0.3) is 15.9 Å². The molecule has 0 atom stereocenters. The Balaban J connectivity index is 1.92. The highest BCUT2D eigenvalue weighted by Crippen LogP contribution is 2.22. The highest BCUT2D eigenvalue weighted by atomic mass is 32.2. The Bertz CT molecular complexity index is 1170. The number of rotatable bonds is 5. The van der Waals surface area contributed by atoms with Crippen LogP contribution >= 0.6 is 0 Å². The fourth-order valence-electron chi connectivity index (χ4n) is 2.82. The molecule has 0 N–H and O–H groups in total. The molecule has 0 unspecified atom stereocenters. The van der Waals surface area contributed by atoms with E-state index in [-0.39, 0.29) is 16.8 Å². The number of anilines is 1. The Kier molecular flexibility index (Phi) is 5.98. The second-order valence-electron chi connectivity index (χ2n) is 6.79. The molecule has 0 amide bonds. The molecule has 29 heavy (non-hydrogen) atoms. The van der Waals surface area contributed by atoms with Crippen molar-refractivity contribution in [2.24, 2.45) is 4.99 Å². The summed E-state index contributed by atoms with van der Waals surface area (Å²) in [5.41, 5.74) is 1.49. The molecule has 0 aliphatic rings. The molecule has 0 saturated heterocycles. The van der Waals surface area contributed by atoms with Crippen molar-refractivity contribution in [2.75, 3.05) is 11.4 Å². The number of carbonyl (C=O) groups is 1. The van der Waals surface area contributed by atoms with Gasteiger partial charge in [0.1, 0.15) is 5.49 Å². The SMILES string of the molecule is CC(C)N=c1ccccn1C(=O)c1ccc(S(=O)(=O)N(C)c2ccccc2)cc1. The summed E-state index contributed by atoms with van der Waals surface area (Å²) >= 11 is 0. The van der Waals surface area contributed by atoms with Crippen molar-refractivity contribution in [1.29, 1.82) is 0 Å².